The minimum absolute atomic E-state index is 0.118. The number of hydrogen-bond donors (Lipinski definition) is 0. The summed E-state index contributed by atoms with van der Waals surface area (Å²) in [4.78, 5) is 26.6. The Labute approximate surface area is 247 Å². The molecular formula is C33H64N6O. The number of nitrogens with zero attached hydrogens (tertiary/aromatic N) is 6. The lowest BCUT2D eigenvalue weighted by Crippen LogP contribution is -2.73. The van der Waals surface area contributed by atoms with Crippen LogP contribution in [0.2, 0.25) is 0 Å². The number of Topliss-reactive ketones (excluding diaryl/α,β-unsaturated/α-hetero) is 1. The molecular weight excluding hydrogens is 496 g/mol. The van der Waals surface area contributed by atoms with Crippen molar-refractivity contribution in [3.8, 4) is 0 Å². The molecule has 7 nitrogen and oxygen atoms in total. The van der Waals surface area contributed by atoms with Gasteiger partial charge in [0.15, 0.2) is 5.78 Å². The Morgan fingerprint density at radius 2 is 0.875 bits per heavy atom. The zero-order chi connectivity index (χ0) is 29.9. The second kappa shape index (κ2) is 10.9. The van der Waals surface area contributed by atoms with E-state index >= 15 is 0 Å². The molecule has 3 spiro atoms. The molecule has 0 bridgehead atoms. The van der Waals surface area contributed by atoms with Gasteiger partial charge < -0.3 is 9.80 Å². The molecule has 0 unspecified atom stereocenters. The van der Waals surface area contributed by atoms with E-state index in [1.165, 1.54) is 65.2 Å². The van der Waals surface area contributed by atoms with Crippen molar-refractivity contribution in [1.82, 2.24) is 29.4 Å². The highest BCUT2D eigenvalue weighted by Crippen LogP contribution is 2.43. The number of carbonyl (C=O) groups excluding carboxylic acids is 1. The molecule has 6 aliphatic heterocycles. The van der Waals surface area contributed by atoms with Crippen LogP contribution in [0.25, 0.3) is 0 Å². The molecule has 0 aromatic heterocycles. The van der Waals surface area contributed by atoms with E-state index in [4.69, 9.17) is 0 Å². The molecule has 0 aromatic rings. The van der Waals surface area contributed by atoms with Crippen molar-refractivity contribution in [3.05, 3.63) is 0 Å². The number of hydrogen-bond acceptors (Lipinski definition) is 7. The summed E-state index contributed by atoms with van der Waals surface area (Å²) in [7, 11) is 6.56. The maximum Gasteiger partial charge on any atom is 0.156 e. The molecule has 0 radical (unpaired) electrons. The molecule has 0 amide bonds. The zero-order valence-electron chi connectivity index (χ0n) is 28.5. The summed E-state index contributed by atoms with van der Waals surface area (Å²) in [6, 6.07) is 0. The molecule has 0 saturated carbocycles. The van der Waals surface area contributed by atoms with Crippen LogP contribution in [0.4, 0.5) is 0 Å². The van der Waals surface area contributed by atoms with E-state index in [0.717, 1.165) is 26.1 Å². The van der Waals surface area contributed by atoms with Crippen LogP contribution in [0.5, 0.6) is 0 Å². The van der Waals surface area contributed by atoms with Gasteiger partial charge in [-0.15, -0.1) is 0 Å². The Morgan fingerprint density at radius 3 is 1.12 bits per heavy atom. The molecule has 0 aromatic carbocycles. The molecule has 232 valence electrons. The van der Waals surface area contributed by atoms with Crippen LogP contribution in [0.3, 0.4) is 0 Å². The van der Waals surface area contributed by atoms with Crippen LogP contribution in [0.15, 0.2) is 0 Å². The lowest BCUT2D eigenvalue weighted by atomic mass is 9.76. The van der Waals surface area contributed by atoms with Gasteiger partial charge in [0.25, 0.3) is 0 Å². The Bertz CT molecular complexity index is 847. The maximum absolute atomic E-state index is 11.8. The molecule has 0 aliphatic carbocycles. The quantitative estimate of drug-likeness (QED) is 0.448. The van der Waals surface area contributed by atoms with Crippen molar-refractivity contribution in [3.63, 3.8) is 0 Å². The minimum Gasteiger partial charge on any atom is -0.306 e. The summed E-state index contributed by atoms with van der Waals surface area (Å²) in [6.07, 6.45) is 3.57. The Kier molecular flexibility index (Phi) is 8.78. The predicted octanol–water partition coefficient (Wildman–Crippen LogP) is 3.59. The van der Waals surface area contributed by atoms with E-state index in [9.17, 15) is 4.79 Å². The molecule has 0 N–H and O–H groups in total. The average molecular weight is 561 g/mol. The largest absolute Gasteiger partial charge is 0.306 e. The Morgan fingerprint density at radius 1 is 0.525 bits per heavy atom. The van der Waals surface area contributed by atoms with Gasteiger partial charge >= 0.3 is 0 Å². The standard InChI is InChI=1S/C11H20N2O.2C11H22N2/c1-10(2,3)13-7-11(8-13)9(14)5-6-12(11)4;2*1-10(2,3)13-8-11(9-13)5-6-12(4)7-11/h5-8H2,1-4H3;2*5-9H2,1-4H3. The lowest BCUT2D eigenvalue weighted by Gasteiger charge is -2.55. The van der Waals surface area contributed by atoms with Gasteiger partial charge in [-0.3, -0.25) is 24.4 Å². The minimum atomic E-state index is -0.118. The number of likely N-dealkylation sites (tertiary alicyclic amines) is 6. The number of rotatable bonds is 0. The highest BCUT2D eigenvalue weighted by Gasteiger charge is 2.56. The summed E-state index contributed by atoms with van der Waals surface area (Å²) >= 11 is 0. The molecule has 6 heterocycles. The monoisotopic (exact) mass is 561 g/mol. The first-order valence-electron chi connectivity index (χ1n) is 16.1. The van der Waals surface area contributed by atoms with Crippen LogP contribution in [-0.4, -0.2) is 150 Å². The van der Waals surface area contributed by atoms with Crippen molar-refractivity contribution in [1.29, 1.82) is 0 Å². The van der Waals surface area contributed by atoms with Crippen molar-refractivity contribution >= 4 is 5.78 Å². The maximum atomic E-state index is 11.8. The molecule has 40 heavy (non-hydrogen) atoms. The first-order valence-corrected chi connectivity index (χ1v) is 16.1. The summed E-state index contributed by atoms with van der Waals surface area (Å²) < 4.78 is 0. The first-order chi connectivity index (χ1) is 18.2. The Hall–Kier alpha value is -0.570. The van der Waals surface area contributed by atoms with E-state index in [1.54, 1.807) is 0 Å². The van der Waals surface area contributed by atoms with Crippen LogP contribution < -0.4 is 0 Å². The van der Waals surface area contributed by atoms with Crippen molar-refractivity contribution in [2.24, 2.45) is 10.8 Å². The first kappa shape index (κ1) is 32.3. The number of likely N-dealkylation sites (N-methyl/N-ethyl adjacent to an activating group) is 1. The van der Waals surface area contributed by atoms with Gasteiger partial charge in [-0.25, -0.2) is 0 Å². The second-order valence-corrected chi connectivity index (χ2v) is 17.7. The summed E-state index contributed by atoms with van der Waals surface area (Å²) in [5.74, 6) is 0.445. The second-order valence-electron chi connectivity index (χ2n) is 17.7. The van der Waals surface area contributed by atoms with Crippen molar-refractivity contribution in [2.75, 3.05) is 93.1 Å². The molecule has 0 atom stereocenters. The Balaban J connectivity index is 0.000000139. The van der Waals surface area contributed by atoms with Crippen LogP contribution in [-0.2, 0) is 4.79 Å². The smallest absolute Gasteiger partial charge is 0.156 e. The third-order valence-corrected chi connectivity index (χ3v) is 11.0. The van der Waals surface area contributed by atoms with Crippen molar-refractivity contribution in [2.45, 2.75) is 104 Å². The van der Waals surface area contributed by atoms with Gasteiger partial charge in [0, 0.05) is 92.8 Å². The van der Waals surface area contributed by atoms with E-state index in [1.807, 2.05) is 0 Å². The third kappa shape index (κ3) is 6.65. The van der Waals surface area contributed by atoms with Gasteiger partial charge in [-0.1, -0.05) is 0 Å². The fourth-order valence-electron chi connectivity index (χ4n) is 7.72. The van der Waals surface area contributed by atoms with Gasteiger partial charge in [0.2, 0.25) is 0 Å². The van der Waals surface area contributed by atoms with E-state index < -0.39 is 0 Å². The molecule has 6 fully saturated rings. The topological polar surface area (TPSA) is 36.5 Å². The van der Waals surface area contributed by atoms with Crippen molar-refractivity contribution < 1.29 is 4.79 Å². The highest BCUT2D eigenvalue weighted by molar-refractivity contribution is 5.92. The number of carbonyl (C=O) groups is 1. The van der Waals surface area contributed by atoms with Crippen LogP contribution in [0, 0.1) is 10.8 Å². The predicted molar refractivity (Wildman–Crippen MR) is 168 cm³/mol. The summed E-state index contributed by atoms with van der Waals surface area (Å²) in [5.41, 5.74) is 2.19. The molecule has 6 rings (SSSR count). The average Bonchev–Trinajstić information content (AvgIpc) is 3.39. The summed E-state index contributed by atoms with van der Waals surface area (Å²) in [5, 5.41) is 0. The van der Waals surface area contributed by atoms with Gasteiger partial charge in [-0.2, -0.15) is 0 Å². The van der Waals surface area contributed by atoms with Crippen LogP contribution >= 0.6 is 0 Å². The van der Waals surface area contributed by atoms with E-state index in [-0.39, 0.29) is 11.1 Å². The van der Waals surface area contributed by atoms with Gasteiger partial charge in [-0.05, 0) is 109 Å². The summed E-state index contributed by atoms with van der Waals surface area (Å²) in [6.45, 7) is 33.8. The lowest BCUT2D eigenvalue weighted by molar-refractivity contribution is -0.139. The molecule has 6 aliphatic rings. The fraction of sp³-hybridized carbons (Fsp3) is 0.970. The van der Waals surface area contributed by atoms with E-state index in [0.29, 0.717) is 27.7 Å². The zero-order valence-corrected chi connectivity index (χ0v) is 28.5. The fourth-order valence-corrected chi connectivity index (χ4v) is 7.72. The highest BCUT2D eigenvalue weighted by atomic mass is 16.1. The van der Waals surface area contributed by atoms with Gasteiger partial charge in [0.05, 0.1) is 0 Å². The third-order valence-electron chi connectivity index (χ3n) is 11.0. The SMILES string of the molecule is CN1CCC(=O)C12CN(C(C)(C)C)C2.CN1CCC2(C1)CN(C(C)(C)C)C2.CN1CCC2(C1)CN(C(C)(C)C)C2. The van der Waals surface area contributed by atoms with Crippen LogP contribution in [0.1, 0.15) is 81.6 Å². The van der Waals surface area contributed by atoms with E-state index in [2.05, 4.69) is 113 Å². The molecule has 7 heteroatoms. The molecule has 6 saturated heterocycles. The normalized spacial score (nSPS) is 29.1. The van der Waals surface area contributed by atoms with Gasteiger partial charge in [0.1, 0.15) is 5.54 Å². The number of ketones is 1.